The fourth-order valence-corrected chi connectivity index (χ4v) is 4.06. The SMILES string of the molecule is Cc1cnc(C2=CCN(Cc3ccc4c(c3)[nH]c(=O)c3cccn34)CC2)n1C. The molecular formula is C22H23N5O. The van der Waals surface area contributed by atoms with Gasteiger partial charge in [-0.3, -0.25) is 9.69 Å². The lowest BCUT2D eigenvalue weighted by Crippen LogP contribution is -2.28. The zero-order chi connectivity index (χ0) is 19.3. The van der Waals surface area contributed by atoms with Crippen LogP contribution in [0.5, 0.6) is 0 Å². The first kappa shape index (κ1) is 17.0. The number of hydrogen-bond acceptors (Lipinski definition) is 3. The number of fused-ring (bicyclic) bond motifs is 3. The number of aryl methyl sites for hydroxylation is 1. The monoisotopic (exact) mass is 373 g/mol. The molecule has 0 amide bonds. The van der Waals surface area contributed by atoms with E-state index in [1.165, 1.54) is 16.8 Å². The van der Waals surface area contributed by atoms with Crippen LogP contribution < -0.4 is 5.56 Å². The number of H-pyrrole nitrogens is 1. The number of aromatic nitrogens is 4. The van der Waals surface area contributed by atoms with Gasteiger partial charge in [-0.25, -0.2) is 4.98 Å². The molecule has 1 aliphatic heterocycles. The van der Waals surface area contributed by atoms with Crippen LogP contribution in [-0.2, 0) is 13.6 Å². The lowest BCUT2D eigenvalue weighted by Gasteiger charge is -2.26. The third-order valence-corrected chi connectivity index (χ3v) is 5.76. The molecule has 0 radical (unpaired) electrons. The Morgan fingerprint density at radius 3 is 2.86 bits per heavy atom. The molecule has 3 aromatic heterocycles. The zero-order valence-corrected chi connectivity index (χ0v) is 16.1. The minimum atomic E-state index is -0.0504. The number of hydrogen-bond donors (Lipinski definition) is 1. The van der Waals surface area contributed by atoms with Crippen LogP contribution in [0.2, 0.25) is 0 Å². The molecule has 1 N–H and O–H groups in total. The topological polar surface area (TPSA) is 58.3 Å². The lowest BCUT2D eigenvalue weighted by atomic mass is 10.1. The highest BCUT2D eigenvalue weighted by atomic mass is 16.1. The van der Waals surface area contributed by atoms with Gasteiger partial charge in [0.2, 0.25) is 0 Å². The van der Waals surface area contributed by atoms with Crippen molar-refractivity contribution in [2.24, 2.45) is 7.05 Å². The normalized spacial score (nSPS) is 15.4. The summed E-state index contributed by atoms with van der Waals surface area (Å²) in [6.07, 6.45) is 7.15. The highest BCUT2D eigenvalue weighted by molar-refractivity contribution is 5.78. The maximum Gasteiger partial charge on any atom is 0.272 e. The van der Waals surface area contributed by atoms with Gasteiger partial charge < -0.3 is 14.0 Å². The van der Waals surface area contributed by atoms with Crippen molar-refractivity contribution < 1.29 is 0 Å². The van der Waals surface area contributed by atoms with E-state index in [0.717, 1.165) is 42.9 Å². The molecule has 0 aliphatic carbocycles. The van der Waals surface area contributed by atoms with E-state index < -0.39 is 0 Å². The Balaban J connectivity index is 1.38. The van der Waals surface area contributed by atoms with Gasteiger partial charge in [0.25, 0.3) is 5.56 Å². The van der Waals surface area contributed by atoms with Crippen molar-refractivity contribution in [2.75, 3.05) is 13.1 Å². The summed E-state index contributed by atoms with van der Waals surface area (Å²) in [6, 6.07) is 10.1. The molecule has 6 nitrogen and oxygen atoms in total. The molecular weight excluding hydrogens is 350 g/mol. The van der Waals surface area contributed by atoms with Crippen molar-refractivity contribution in [1.82, 2.24) is 23.8 Å². The Hall–Kier alpha value is -3.12. The molecule has 0 spiro atoms. The second-order valence-corrected chi connectivity index (χ2v) is 7.57. The maximum atomic E-state index is 12.3. The predicted octanol–water partition coefficient (Wildman–Crippen LogP) is 3.11. The molecule has 1 aliphatic rings. The molecule has 0 saturated heterocycles. The fraction of sp³-hybridized carbons (Fsp3) is 0.273. The van der Waals surface area contributed by atoms with Gasteiger partial charge in [0.1, 0.15) is 11.3 Å². The van der Waals surface area contributed by atoms with E-state index in [4.69, 9.17) is 0 Å². The average Bonchev–Trinajstić information content (AvgIpc) is 3.31. The molecule has 6 heteroatoms. The molecule has 28 heavy (non-hydrogen) atoms. The second-order valence-electron chi connectivity index (χ2n) is 7.57. The Morgan fingerprint density at radius 2 is 2.11 bits per heavy atom. The molecule has 1 aromatic carbocycles. The van der Waals surface area contributed by atoms with E-state index in [2.05, 4.69) is 57.7 Å². The van der Waals surface area contributed by atoms with Gasteiger partial charge in [-0.2, -0.15) is 0 Å². The van der Waals surface area contributed by atoms with Crippen LogP contribution in [0.15, 0.2) is 53.6 Å². The third-order valence-electron chi connectivity index (χ3n) is 5.76. The minimum Gasteiger partial charge on any atom is -0.332 e. The van der Waals surface area contributed by atoms with Crippen molar-refractivity contribution in [2.45, 2.75) is 19.9 Å². The standard InChI is InChI=1S/C22H23N5O/c1-15-13-23-21(25(15)2)17-7-10-26(11-8-17)14-16-5-6-19-18(12-16)24-22(28)20-4-3-9-27(19)20/h3-7,9,12-13H,8,10-11,14H2,1-2H3,(H,24,28). The lowest BCUT2D eigenvalue weighted by molar-refractivity contribution is 0.293. The number of aromatic amines is 1. The Labute approximate surface area is 162 Å². The van der Waals surface area contributed by atoms with Gasteiger partial charge in [0.15, 0.2) is 0 Å². The molecule has 5 rings (SSSR count). The third kappa shape index (κ3) is 2.77. The van der Waals surface area contributed by atoms with Crippen LogP contribution >= 0.6 is 0 Å². The van der Waals surface area contributed by atoms with Gasteiger partial charge in [0.05, 0.1) is 11.0 Å². The summed E-state index contributed by atoms with van der Waals surface area (Å²) in [7, 11) is 2.07. The quantitative estimate of drug-likeness (QED) is 0.600. The summed E-state index contributed by atoms with van der Waals surface area (Å²) in [5.41, 5.74) is 6.24. The number of nitrogens with zero attached hydrogens (tertiary/aromatic N) is 4. The molecule has 0 saturated carbocycles. The van der Waals surface area contributed by atoms with Crippen LogP contribution in [0.3, 0.4) is 0 Å². The molecule has 4 aromatic rings. The number of imidazole rings is 1. The molecule has 142 valence electrons. The van der Waals surface area contributed by atoms with Crippen molar-refractivity contribution in [3.63, 3.8) is 0 Å². The fourth-order valence-electron chi connectivity index (χ4n) is 4.06. The van der Waals surface area contributed by atoms with Crippen LogP contribution in [-0.4, -0.2) is 36.9 Å². The summed E-state index contributed by atoms with van der Waals surface area (Å²) in [6.45, 7) is 4.86. The Kier molecular flexibility index (Phi) is 3.94. The summed E-state index contributed by atoms with van der Waals surface area (Å²) < 4.78 is 4.10. The van der Waals surface area contributed by atoms with Crippen LogP contribution in [0.1, 0.15) is 23.5 Å². The number of benzene rings is 1. The molecule has 4 heterocycles. The minimum absolute atomic E-state index is 0.0504. The second kappa shape index (κ2) is 6.49. The van der Waals surface area contributed by atoms with Crippen molar-refractivity contribution in [1.29, 1.82) is 0 Å². The smallest absolute Gasteiger partial charge is 0.272 e. The van der Waals surface area contributed by atoms with Gasteiger partial charge in [0, 0.05) is 44.8 Å². The Bertz CT molecular complexity index is 1270. The zero-order valence-electron chi connectivity index (χ0n) is 16.1. The maximum absolute atomic E-state index is 12.3. The Morgan fingerprint density at radius 1 is 1.21 bits per heavy atom. The summed E-state index contributed by atoms with van der Waals surface area (Å²) >= 11 is 0. The van der Waals surface area contributed by atoms with E-state index in [9.17, 15) is 4.79 Å². The molecule has 0 atom stereocenters. The van der Waals surface area contributed by atoms with Crippen molar-refractivity contribution >= 4 is 22.1 Å². The first-order valence-corrected chi connectivity index (χ1v) is 9.62. The van der Waals surface area contributed by atoms with E-state index in [-0.39, 0.29) is 5.56 Å². The highest BCUT2D eigenvalue weighted by Gasteiger charge is 2.17. The predicted molar refractivity (Wildman–Crippen MR) is 111 cm³/mol. The summed E-state index contributed by atoms with van der Waals surface area (Å²) in [5, 5.41) is 0. The van der Waals surface area contributed by atoms with Gasteiger partial charge in [-0.1, -0.05) is 12.1 Å². The van der Waals surface area contributed by atoms with E-state index in [0.29, 0.717) is 5.52 Å². The van der Waals surface area contributed by atoms with Crippen molar-refractivity contribution in [3.8, 4) is 0 Å². The number of rotatable bonds is 3. The highest BCUT2D eigenvalue weighted by Crippen LogP contribution is 2.23. The van der Waals surface area contributed by atoms with Crippen molar-refractivity contribution in [3.05, 3.63) is 76.2 Å². The van der Waals surface area contributed by atoms with Crippen LogP contribution in [0.4, 0.5) is 0 Å². The average molecular weight is 373 g/mol. The van der Waals surface area contributed by atoms with Gasteiger partial charge in [-0.15, -0.1) is 0 Å². The van der Waals surface area contributed by atoms with Crippen LogP contribution in [0.25, 0.3) is 22.1 Å². The largest absolute Gasteiger partial charge is 0.332 e. The summed E-state index contributed by atoms with van der Waals surface area (Å²) in [4.78, 5) is 22.2. The van der Waals surface area contributed by atoms with E-state index in [1.807, 2.05) is 28.9 Å². The first-order valence-electron chi connectivity index (χ1n) is 9.62. The van der Waals surface area contributed by atoms with Gasteiger partial charge in [-0.05, 0) is 48.7 Å². The molecule has 0 fully saturated rings. The molecule has 0 bridgehead atoms. The van der Waals surface area contributed by atoms with Gasteiger partial charge >= 0.3 is 0 Å². The first-order chi connectivity index (χ1) is 13.6. The van der Waals surface area contributed by atoms with E-state index in [1.54, 1.807) is 0 Å². The van der Waals surface area contributed by atoms with E-state index >= 15 is 0 Å². The molecule has 0 unspecified atom stereocenters. The van der Waals surface area contributed by atoms with Crippen LogP contribution in [0, 0.1) is 6.92 Å². The number of nitrogens with one attached hydrogen (secondary N) is 1. The summed E-state index contributed by atoms with van der Waals surface area (Å²) in [5.74, 6) is 1.08.